The second-order valence-electron chi connectivity index (χ2n) is 9.79. The number of rotatable bonds is 17. The molecular weight excluding hydrogens is 536 g/mol. The molecule has 2 rings (SSSR count). The van der Waals surface area contributed by atoms with Crippen molar-refractivity contribution in [2.24, 2.45) is 17.4 Å². The predicted molar refractivity (Wildman–Crippen MR) is 154 cm³/mol. The Bertz CT molecular complexity index is 1190. The van der Waals surface area contributed by atoms with Crippen molar-refractivity contribution in [1.82, 2.24) is 20.9 Å². The monoisotopic (exact) mass is 576 g/mol. The molecule has 2 aromatic rings. The number of benzene rings is 1. The molecule has 5 atom stereocenters. The van der Waals surface area contributed by atoms with Crippen LogP contribution in [0.4, 0.5) is 0 Å². The number of nitrogens with two attached hydrogens (primary N) is 2. The maximum atomic E-state index is 13.5. The maximum absolute atomic E-state index is 13.5. The zero-order valence-corrected chi connectivity index (χ0v) is 23.9. The van der Waals surface area contributed by atoms with Crippen LogP contribution in [0.25, 0.3) is 10.9 Å². The molecule has 220 valence electrons. The summed E-state index contributed by atoms with van der Waals surface area (Å²) in [6.07, 6.45) is 4.22. The third kappa shape index (κ3) is 9.56. The molecule has 12 nitrogen and oxygen atoms in total. The molecule has 0 aliphatic carbocycles. The van der Waals surface area contributed by atoms with E-state index in [1.807, 2.05) is 37.4 Å². The number of H-pyrrole nitrogens is 1. The van der Waals surface area contributed by atoms with Crippen molar-refractivity contribution in [2.75, 3.05) is 12.0 Å². The fourth-order valence-electron chi connectivity index (χ4n) is 4.15. The molecule has 0 bridgehead atoms. The van der Waals surface area contributed by atoms with Gasteiger partial charge in [0.2, 0.25) is 23.6 Å². The van der Waals surface area contributed by atoms with Gasteiger partial charge < -0.3 is 37.5 Å². The summed E-state index contributed by atoms with van der Waals surface area (Å²) in [5.41, 5.74) is 12.7. The highest BCUT2D eigenvalue weighted by Gasteiger charge is 2.33. The van der Waals surface area contributed by atoms with Crippen molar-refractivity contribution in [3.05, 3.63) is 36.0 Å². The first kappa shape index (κ1) is 32.6. The molecule has 9 N–H and O–H groups in total. The lowest BCUT2D eigenvalue weighted by molar-refractivity contribution is -0.142. The number of amides is 4. The molecule has 1 aromatic carbocycles. The Hall–Kier alpha value is -3.58. The van der Waals surface area contributed by atoms with Crippen molar-refractivity contribution in [3.63, 3.8) is 0 Å². The van der Waals surface area contributed by atoms with Gasteiger partial charge in [0, 0.05) is 29.9 Å². The maximum Gasteiger partial charge on any atom is 0.326 e. The van der Waals surface area contributed by atoms with E-state index in [4.69, 9.17) is 11.5 Å². The molecule has 0 fully saturated rings. The van der Waals surface area contributed by atoms with Crippen LogP contribution < -0.4 is 27.4 Å². The molecule has 0 radical (unpaired) electrons. The van der Waals surface area contributed by atoms with E-state index in [0.717, 1.165) is 16.5 Å². The van der Waals surface area contributed by atoms with E-state index in [9.17, 15) is 29.1 Å². The fourth-order valence-corrected chi connectivity index (χ4v) is 4.64. The molecule has 4 amide bonds. The van der Waals surface area contributed by atoms with Crippen LogP contribution in [0.3, 0.4) is 0 Å². The van der Waals surface area contributed by atoms with Gasteiger partial charge in [-0.15, -0.1) is 0 Å². The second kappa shape index (κ2) is 15.9. The van der Waals surface area contributed by atoms with Gasteiger partial charge >= 0.3 is 5.97 Å². The number of carboxylic acids is 1. The Morgan fingerprint density at radius 3 is 2.30 bits per heavy atom. The summed E-state index contributed by atoms with van der Waals surface area (Å²) < 4.78 is 0. The molecule has 0 saturated heterocycles. The van der Waals surface area contributed by atoms with Crippen LogP contribution in [0.1, 0.15) is 45.1 Å². The Labute approximate surface area is 237 Å². The van der Waals surface area contributed by atoms with Crippen molar-refractivity contribution < 1.29 is 29.1 Å². The third-order valence-corrected chi connectivity index (χ3v) is 7.43. The van der Waals surface area contributed by atoms with Gasteiger partial charge in [-0.2, -0.15) is 11.8 Å². The largest absolute Gasteiger partial charge is 0.480 e. The second-order valence-corrected chi connectivity index (χ2v) is 10.8. The first-order valence-corrected chi connectivity index (χ1v) is 14.6. The number of carbonyl (C=O) groups is 5. The topological polar surface area (TPSA) is 209 Å². The van der Waals surface area contributed by atoms with E-state index in [2.05, 4.69) is 20.9 Å². The van der Waals surface area contributed by atoms with E-state index in [0.29, 0.717) is 18.6 Å². The molecule has 0 aliphatic rings. The average molecular weight is 577 g/mol. The smallest absolute Gasteiger partial charge is 0.326 e. The predicted octanol–water partition coefficient (Wildman–Crippen LogP) is 0.641. The molecule has 1 aromatic heterocycles. The van der Waals surface area contributed by atoms with Crippen LogP contribution in [-0.2, 0) is 30.4 Å². The number of carboxylic acid groups (broad SMARTS) is 1. The highest BCUT2D eigenvalue weighted by Crippen LogP contribution is 2.20. The lowest BCUT2D eigenvalue weighted by Gasteiger charge is -2.28. The highest BCUT2D eigenvalue weighted by atomic mass is 32.2. The Morgan fingerprint density at radius 2 is 1.68 bits per heavy atom. The van der Waals surface area contributed by atoms with Gasteiger partial charge in [0.25, 0.3) is 0 Å². The molecule has 1 heterocycles. The number of nitrogens with one attached hydrogen (secondary N) is 4. The highest BCUT2D eigenvalue weighted by molar-refractivity contribution is 7.98. The van der Waals surface area contributed by atoms with Crippen LogP contribution in [0.2, 0.25) is 0 Å². The molecule has 13 heteroatoms. The van der Waals surface area contributed by atoms with E-state index >= 15 is 0 Å². The minimum atomic E-state index is -1.39. The average Bonchev–Trinajstić information content (AvgIpc) is 3.33. The summed E-state index contributed by atoms with van der Waals surface area (Å²) in [5, 5.41) is 18.3. The summed E-state index contributed by atoms with van der Waals surface area (Å²) in [6.45, 7) is 3.67. The quantitative estimate of drug-likeness (QED) is 0.142. The zero-order chi connectivity index (χ0) is 29.8. The van der Waals surface area contributed by atoms with Crippen LogP contribution in [0, 0.1) is 5.92 Å². The molecule has 0 aliphatic heterocycles. The first-order valence-electron chi connectivity index (χ1n) is 13.2. The van der Waals surface area contributed by atoms with Gasteiger partial charge in [0.05, 0.1) is 6.04 Å². The van der Waals surface area contributed by atoms with Crippen LogP contribution in [0.15, 0.2) is 30.5 Å². The van der Waals surface area contributed by atoms with Crippen LogP contribution in [-0.4, -0.2) is 75.9 Å². The van der Waals surface area contributed by atoms with Gasteiger partial charge in [0.15, 0.2) is 0 Å². The number of aliphatic carboxylic acids is 1. The van der Waals surface area contributed by atoms with Crippen molar-refractivity contribution >= 4 is 52.3 Å². The molecular formula is C27H40N6O6S. The lowest BCUT2D eigenvalue weighted by atomic mass is 9.96. The minimum Gasteiger partial charge on any atom is -0.480 e. The Kier molecular flexibility index (Phi) is 12.9. The van der Waals surface area contributed by atoms with Crippen molar-refractivity contribution in [3.8, 4) is 0 Å². The van der Waals surface area contributed by atoms with E-state index in [-0.39, 0.29) is 25.2 Å². The first-order chi connectivity index (χ1) is 19.0. The lowest BCUT2D eigenvalue weighted by Crippen LogP contribution is -2.59. The summed E-state index contributed by atoms with van der Waals surface area (Å²) in [4.78, 5) is 65.7. The number of fused-ring (bicyclic) bond motifs is 1. The Morgan fingerprint density at radius 1 is 1.00 bits per heavy atom. The van der Waals surface area contributed by atoms with Gasteiger partial charge in [-0.25, -0.2) is 4.79 Å². The number of hydrogen-bond acceptors (Lipinski definition) is 7. The number of para-hydroxylation sites is 1. The van der Waals surface area contributed by atoms with Gasteiger partial charge in [0.1, 0.15) is 18.1 Å². The summed E-state index contributed by atoms with van der Waals surface area (Å²) in [6, 6.07) is 3.09. The van der Waals surface area contributed by atoms with Crippen LogP contribution in [0.5, 0.6) is 0 Å². The number of aromatic nitrogens is 1. The summed E-state index contributed by atoms with van der Waals surface area (Å²) in [5.74, 6) is -3.45. The third-order valence-electron chi connectivity index (χ3n) is 6.79. The van der Waals surface area contributed by atoms with E-state index in [1.54, 1.807) is 24.9 Å². The van der Waals surface area contributed by atoms with E-state index < -0.39 is 53.8 Å². The molecule has 0 spiro atoms. The molecule has 0 saturated carbocycles. The Balaban J connectivity index is 2.32. The number of hydrogen-bond donors (Lipinski definition) is 7. The minimum absolute atomic E-state index is 0.0398. The SMILES string of the molecule is CCC(C)C(NC(=O)C(N)CCSC)C(=O)NC(Cc1c[nH]c2ccccc12)C(=O)NC(CCC(N)=O)C(=O)O. The normalized spacial score (nSPS) is 14.9. The number of thioether (sulfide) groups is 1. The molecule has 5 unspecified atom stereocenters. The summed E-state index contributed by atoms with van der Waals surface area (Å²) >= 11 is 1.56. The zero-order valence-electron chi connectivity index (χ0n) is 23.1. The number of carbonyl (C=O) groups excluding carboxylic acids is 4. The number of primary amides is 1. The fraction of sp³-hybridized carbons (Fsp3) is 0.519. The van der Waals surface area contributed by atoms with Gasteiger partial charge in [-0.05, 0) is 42.4 Å². The molecule has 40 heavy (non-hydrogen) atoms. The van der Waals surface area contributed by atoms with E-state index in [1.165, 1.54) is 0 Å². The van der Waals surface area contributed by atoms with Gasteiger partial charge in [-0.1, -0.05) is 38.5 Å². The van der Waals surface area contributed by atoms with Gasteiger partial charge in [-0.3, -0.25) is 19.2 Å². The standard InChI is InChI=1S/C27H40N6O6S/c1-4-15(2)23(33-24(35)18(28)11-12-40-3)26(37)32-21(13-16-14-30-19-8-6-5-7-17(16)19)25(36)31-20(27(38)39)9-10-22(29)34/h5-8,14-15,18,20-21,23,30H,4,9-13,28H2,1-3H3,(H2,29,34)(H,31,36)(H,32,37)(H,33,35)(H,38,39). The van der Waals surface area contributed by atoms with Crippen molar-refractivity contribution in [2.45, 2.75) is 70.1 Å². The van der Waals surface area contributed by atoms with Crippen LogP contribution >= 0.6 is 11.8 Å². The summed E-state index contributed by atoms with van der Waals surface area (Å²) in [7, 11) is 0. The van der Waals surface area contributed by atoms with Crippen molar-refractivity contribution in [1.29, 1.82) is 0 Å². The number of aromatic amines is 1.